The Morgan fingerprint density at radius 1 is 1.05 bits per heavy atom. The first-order valence-corrected chi connectivity index (χ1v) is 10.5. The van der Waals surface area contributed by atoms with Crippen molar-refractivity contribution < 1.29 is 4.79 Å². The molecule has 0 radical (unpaired) electrons. The second-order valence-corrected chi connectivity index (χ2v) is 11.6. The molecule has 0 N–H and O–H groups in total. The fourth-order valence-corrected chi connectivity index (χ4v) is 5.96. The van der Waals surface area contributed by atoms with E-state index in [4.69, 9.17) is 0 Å². The highest BCUT2D eigenvalue weighted by Crippen LogP contribution is 2.48. The first kappa shape index (κ1) is 12.6. The Labute approximate surface area is 116 Å². The van der Waals surface area contributed by atoms with Crippen molar-refractivity contribution in [3.8, 4) is 0 Å². The van der Waals surface area contributed by atoms with Gasteiger partial charge in [0.2, 0.25) is 0 Å². The number of Topliss-reactive ketones (excluding diaryl/α,β-unsaturated/α-hetero) is 1. The molecule has 1 aromatic rings. The van der Waals surface area contributed by atoms with Gasteiger partial charge in [-0.15, -0.1) is 0 Å². The van der Waals surface area contributed by atoms with Crippen LogP contribution in [-0.2, 0) is 0 Å². The van der Waals surface area contributed by atoms with Gasteiger partial charge in [-0.1, -0.05) is 67.3 Å². The number of benzene rings is 1. The van der Waals surface area contributed by atoms with Crippen LogP contribution < -0.4 is 0 Å². The van der Waals surface area contributed by atoms with E-state index in [-0.39, 0.29) is 5.78 Å². The molecule has 98 valence electrons. The Balaban J connectivity index is 2.07. The first-order chi connectivity index (χ1) is 8.98. The number of hydrogen-bond acceptors (Lipinski definition) is 1. The van der Waals surface area contributed by atoms with Crippen LogP contribution in [0.5, 0.6) is 0 Å². The molecule has 0 spiro atoms. The predicted molar refractivity (Wildman–Crippen MR) is 81.9 cm³/mol. The van der Waals surface area contributed by atoms with E-state index in [1.165, 1.54) is 5.20 Å². The van der Waals surface area contributed by atoms with Gasteiger partial charge in [-0.2, -0.15) is 0 Å². The average molecular weight is 268 g/mol. The van der Waals surface area contributed by atoms with Crippen molar-refractivity contribution >= 4 is 13.9 Å². The maximum absolute atomic E-state index is 12.8. The third-order valence-electron chi connectivity index (χ3n) is 4.20. The molecule has 3 rings (SSSR count). The topological polar surface area (TPSA) is 17.1 Å². The second kappa shape index (κ2) is 4.31. The molecule has 2 aliphatic carbocycles. The summed E-state index contributed by atoms with van der Waals surface area (Å²) < 4.78 is 0. The predicted octanol–water partition coefficient (Wildman–Crippen LogP) is 4.25. The zero-order chi connectivity index (χ0) is 13.6. The zero-order valence-electron chi connectivity index (χ0n) is 11.8. The molecule has 19 heavy (non-hydrogen) atoms. The quantitative estimate of drug-likeness (QED) is 0.455. The van der Waals surface area contributed by atoms with Gasteiger partial charge in [0, 0.05) is 17.1 Å². The summed E-state index contributed by atoms with van der Waals surface area (Å²) in [7, 11) is -1.43. The summed E-state index contributed by atoms with van der Waals surface area (Å²) in [5.74, 6) is 1.17. The standard InChI is InChI=1S/C17H20OSi/c1-19(2,3)17-14-10-9-13(11-14)15(17)16(18)12-7-5-4-6-8-12/h4-10,13-14H,11H2,1-3H3. The first-order valence-electron chi connectivity index (χ1n) is 7.01. The van der Waals surface area contributed by atoms with Crippen molar-refractivity contribution in [1.82, 2.24) is 0 Å². The SMILES string of the molecule is C[Si](C)(C)C1=C(C(=O)c2ccccc2)C2C=CC1C2. The highest BCUT2D eigenvalue weighted by atomic mass is 28.3. The van der Waals surface area contributed by atoms with Crippen molar-refractivity contribution in [2.45, 2.75) is 26.1 Å². The molecular formula is C17H20OSi. The van der Waals surface area contributed by atoms with Gasteiger partial charge in [0.25, 0.3) is 0 Å². The number of rotatable bonds is 3. The molecule has 0 aliphatic heterocycles. The number of carbonyl (C=O) groups is 1. The number of ketones is 1. The molecule has 0 saturated carbocycles. The van der Waals surface area contributed by atoms with E-state index in [2.05, 4.69) is 31.8 Å². The van der Waals surface area contributed by atoms with Gasteiger partial charge < -0.3 is 0 Å². The molecule has 2 unspecified atom stereocenters. The average Bonchev–Trinajstić information content (AvgIpc) is 2.98. The molecular weight excluding hydrogens is 248 g/mol. The Morgan fingerprint density at radius 3 is 2.32 bits per heavy atom. The van der Waals surface area contributed by atoms with Crippen LogP contribution >= 0.6 is 0 Å². The van der Waals surface area contributed by atoms with Crippen LogP contribution in [0.3, 0.4) is 0 Å². The lowest BCUT2D eigenvalue weighted by Gasteiger charge is -2.26. The minimum Gasteiger partial charge on any atom is -0.289 e. The highest BCUT2D eigenvalue weighted by Gasteiger charge is 2.43. The molecule has 0 saturated heterocycles. The van der Waals surface area contributed by atoms with Crippen LogP contribution in [0.1, 0.15) is 16.8 Å². The molecule has 0 amide bonds. The molecule has 1 nitrogen and oxygen atoms in total. The van der Waals surface area contributed by atoms with Crippen LogP contribution in [0.2, 0.25) is 19.6 Å². The Kier molecular flexibility index (Phi) is 2.86. The summed E-state index contributed by atoms with van der Waals surface area (Å²) in [5, 5.41) is 1.49. The molecule has 2 atom stereocenters. The van der Waals surface area contributed by atoms with Crippen LogP contribution in [0.15, 0.2) is 53.3 Å². The zero-order valence-corrected chi connectivity index (χ0v) is 12.8. The van der Waals surface area contributed by atoms with Gasteiger partial charge >= 0.3 is 0 Å². The Hall–Kier alpha value is -1.41. The Morgan fingerprint density at radius 2 is 1.68 bits per heavy atom. The van der Waals surface area contributed by atoms with E-state index in [0.29, 0.717) is 11.8 Å². The van der Waals surface area contributed by atoms with E-state index >= 15 is 0 Å². The minimum absolute atomic E-state index is 0.259. The largest absolute Gasteiger partial charge is 0.289 e. The summed E-state index contributed by atoms with van der Waals surface area (Å²) in [4.78, 5) is 12.8. The fourth-order valence-electron chi connectivity index (χ4n) is 3.52. The monoisotopic (exact) mass is 268 g/mol. The van der Waals surface area contributed by atoms with E-state index in [1.54, 1.807) is 0 Å². The number of fused-ring (bicyclic) bond motifs is 2. The lowest BCUT2D eigenvalue weighted by Crippen LogP contribution is -2.30. The molecule has 2 bridgehead atoms. The van der Waals surface area contributed by atoms with Crippen molar-refractivity contribution in [1.29, 1.82) is 0 Å². The van der Waals surface area contributed by atoms with Gasteiger partial charge in [-0.3, -0.25) is 4.79 Å². The molecule has 2 aliphatic rings. The maximum atomic E-state index is 12.8. The summed E-state index contributed by atoms with van der Waals surface area (Å²) in [5.41, 5.74) is 1.96. The lowest BCUT2D eigenvalue weighted by atomic mass is 9.94. The third-order valence-corrected chi connectivity index (χ3v) is 6.46. The number of hydrogen-bond donors (Lipinski definition) is 0. The van der Waals surface area contributed by atoms with Crippen molar-refractivity contribution in [2.75, 3.05) is 0 Å². The van der Waals surface area contributed by atoms with Gasteiger partial charge in [-0.25, -0.2) is 0 Å². The van der Waals surface area contributed by atoms with Crippen molar-refractivity contribution in [2.24, 2.45) is 11.8 Å². The molecule has 1 aromatic carbocycles. The molecule has 0 heterocycles. The lowest BCUT2D eigenvalue weighted by molar-refractivity contribution is 0.102. The second-order valence-electron chi connectivity index (χ2n) is 6.61. The van der Waals surface area contributed by atoms with Gasteiger partial charge in [0.05, 0.1) is 8.07 Å². The molecule has 0 aromatic heterocycles. The van der Waals surface area contributed by atoms with Crippen molar-refractivity contribution in [3.63, 3.8) is 0 Å². The maximum Gasteiger partial charge on any atom is 0.189 e. The van der Waals surface area contributed by atoms with E-state index in [0.717, 1.165) is 17.6 Å². The van der Waals surface area contributed by atoms with E-state index in [1.807, 2.05) is 30.3 Å². The summed E-state index contributed by atoms with van der Waals surface area (Å²) >= 11 is 0. The van der Waals surface area contributed by atoms with E-state index < -0.39 is 8.07 Å². The van der Waals surface area contributed by atoms with Gasteiger partial charge in [0.1, 0.15) is 0 Å². The number of allylic oxidation sites excluding steroid dienone is 4. The summed E-state index contributed by atoms with van der Waals surface area (Å²) in [6.45, 7) is 7.07. The third kappa shape index (κ3) is 2.04. The number of carbonyl (C=O) groups excluding carboxylic acids is 1. The fraction of sp³-hybridized carbons (Fsp3) is 0.353. The van der Waals surface area contributed by atoms with Gasteiger partial charge in [0.15, 0.2) is 5.78 Å². The van der Waals surface area contributed by atoms with Crippen LogP contribution in [0.25, 0.3) is 0 Å². The van der Waals surface area contributed by atoms with Crippen molar-refractivity contribution in [3.05, 3.63) is 58.8 Å². The highest BCUT2D eigenvalue weighted by molar-refractivity contribution is 6.83. The minimum atomic E-state index is -1.43. The van der Waals surface area contributed by atoms with Crippen LogP contribution in [-0.4, -0.2) is 13.9 Å². The van der Waals surface area contributed by atoms with Gasteiger partial charge in [-0.05, 0) is 12.3 Å². The molecule has 2 heteroatoms. The van der Waals surface area contributed by atoms with Crippen LogP contribution in [0, 0.1) is 11.8 Å². The summed E-state index contributed by atoms with van der Waals surface area (Å²) in [6, 6.07) is 9.74. The normalized spacial score (nSPS) is 25.2. The summed E-state index contributed by atoms with van der Waals surface area (Å²) in [6.07, 6.45) is 5.69. The Bertz CT molecular complexity index is 575. The van der Waals surface area contributed by atoms with E-state index in [9.17, 15) is 4.79 Å². The van der Waals surface area contributed by atoms with Crippen LogP contribution in [0.4, 0.5) is 0 Å². The molecule has 0 fully saturated rings. The smallest absolute Gasteiger partial charge is 0.189 e.